The predicted molar refractivity (Wildman–Crippen MR) is 78.8 cm³/mol. The van der Waals surface area contributed by atoms with Gasteiger partial charge in [-0.25, -0.2) is 0 Å². The highest BCUT2D eigenvalue weighted by molar-refractivity contribution is 5.06. The molecule has 4 aliphatic carbocycles. The van der Waals surface area contributed by atoms with Gasteiger partial charge < -0.3 is 5.73 Å². The van der Waals surface area contributed by atoms with Crippen LogP contribution in [0.3, 0.4) is 0 Å². The zero-order chi connectivity index (χ0) is 12.9. The SMILES string of the molecule is NCC1C=CCCN1CC12CC3CC(CC(C3)C1)C2. The van der Waals surface area contributed by atoms with Crippen LogP contribution in [0.15, 0.2) is 12.2 Å². The molecule has 1 atom stereocenters. The van der Waals surface area contributed by atoms with E-state index >= 15 is 0 Å². The van der Waals surface area contributed by atoms with Crippen molar-refractivity contribution in [2.24, 2.45) is 28.9 Å². The second-order valence-corrected chi connectivity index (χ2v) is 7.91. The van der Waals surface area contributed by atoms with Crippen molar-refractivity contribution in [3.05, 3.63) is 12.2 Å². The summed E-state index contributed by atoms with van der Waals surface area (Å²) in [6, 6.07) is 0.516. The van der Waals surface area contributed by atoms with Gasteiger partial charge in [-0.2, -0.15) is 0 Å². The van der Waals surface area contributed by atoms with Crippen LogP contribution >= 0.6 is 0 Å². The minimum Gasteiger partial charge on any atom is -0.329 e. The fraction of sp³-hybridized carbons (Fsp3) is 0.882. The highest BCUT2D eigenvalue weighted by Gasteiger charge is 2.51. The predicted octanol–water partition coefficient (Wildman–Crippen LogP) is 2.79. The summed E-state index contributed by atoms with van der Waals surface area (Å²) in [5.41, 5.74) is 6.64. The van der Waals surface area contributed by atoms with Crippen LogP contribution in [0.2, 0.25) is 0 Å². The van der Waals surface area contributed by atoms with Crippen LogP contribution in [-0.4, -0.2) is 30.6 Å². The minimum atomic E-state index is 0.516. The van der Waals surface area contributed by atoms with Crippen molar-refractivity contribution in [1.29, 1.82) is 0 Å². The molecule has 2 nitrogen and oxygen atoms in total. The molecule has 0 amide bonds. The molecule has 1 aliphatic heterocycles. The lowest BCUT2D eigenvalue weighted by atomic mass is 9.49. The Kier molecular flexibility index (Phi) is 3.00. The standard InChI is InChI=1S/C17H28N2/c18-11-16-3-1-2-4-19(16)12-17-8-13-5-14(9-17)7-15(6-13)10-17/h1,3,13-16H,2,4-12,18H2. The highest BCUT2D eigenvalue weighted by atomic mass is 15.2. The smallest absolute Gasteiger partial charge is 0.0401 e. The van der Waals surface area contributed by atoms with Gasteiger partial charge in [0.2, 0.25) is 0 Å². The summed E-state index contributed by atoms with van der Waals surface area (Å²) in [4.78, 5) is 2.70. The Morgan fingerprint density at radius 3 is 2.26 bits per heavy atom. The Hall–Kier alpha value is -0.340. The van der Waals surface area contributed by atoms with E-state index in [4.69, 9.17) is 5.73 Å². The first-order chi connectivity index (χ1) is 9.26. The van der Waals surface area contributed by atoms with Gasteiger partial charge in [-0.3, -0.25) is 4.90 Å². The molecule has 2 N–H and O–H groups in total. The molecule has 4 bridgehead atoms. The van der Waals surface area contributed by atoms with Crippen molar-refractivity contribution in [1.82, 2.24) is 4.90 Å². The molecule has 19 heavy (non-hydrogen) atoms. The van der Waals surface area contributed by atoms with E-state index in [1.54, 1.807) is 19.3 Å². The molecule has 5 rings (SSSR count). The van der Waals surface area contributed by atoms with Crippen LogP contribution in [0.25, 0.3) is 0 Å². The molecule has 106 valence electrons. The van der Waals surface area contributed by atoms with Crippen molar-refractivity contribution >= 4 is 0 Å². The van der Waals surface area contributed by atoms with E-state index in [2.05, 4.69) is 17.1 Å². The Morgan fingerprint density at radius 1 is 1.05 bits per heavy atom. The van der Waals surface area contributed by atoms with Crippen LogP contribution in [0.4, 0.5) is 0 Å². The van der Waals surface area contributed by atoms with E-state index in [9.17, 15) is 0 Å². The molecular formula is C17H28N2. The molecule has 4 saturated carbocycles. The summed E-state index contributed by atoms with van der Waals surface area (Å²) < 4.78 is 0. The van der Waals surface area contributed by atoms with Gasteiger partial charge in [-0.15, -0.1) is 0 Å². The average Bonchev–Trinajstić information content (AvgIpc) is 2.37. The summed E-state index contributed by atoms with van der Waals surface area (Å²) in [5, 5.41) is 0. The van der Waals surface area contributed by atoms with E-state index in [1.165, 1.54) is 38.8 Å². The highest BCUT2D eigenvalue weighted by Crippen LogP contribution is 2.60. The van der Waals surface area contributed by atoms with Crippen LogP contribution in [-0.2, 0) is 0 Å². The van der Waals surface area contributed by atoms with Crippen LogP contribution in [0, 0.1) is 23.2 Å². The second kappa shape index (κ2) is 4.60. The third kappa shape index (κ3) is 2.17. The third-order valence-corrected chi connectivity index (χ3v) is 6.36. The van der Waals surface area contributed by atoms with Crippen LogP contribution in [0.1, 0.15) is 44.9 Å². The van der Waals surface area contributed by atoms with Gasteiger partial charge in [0, 0.05) is 25.7 Å². The number of nitrogens with zero attached hydrogens (tertiary/aromatic N) is 1. The van der Waals surface area contributed by atoms with Gasteiger partial charge >= 0.3 is 0 Å². The maximum absolute atomic E-state index is 5.97. The van der Waals surface area contributed by atoms with Crippen molar-refractivity contribution in [3.8, 4) is 0 Å². The normalized spacial score (nSPS) is 48.9. The Labute approximate surface area is 117 Å². The summed E-state index contributed by atoms with van der Waals surface area (Å²) >= 11 is 0. The van der Waals surface area contributed by atoms with Crippen molar-refractivity contribution in [2.75, 3.05) is 19.6 Å². The Balaban J connectivity index is 1.51. The molecule has 0 saturated heterocycles. The van der Waals surface area contributed by atoms with Gasteiger partial charge in [0.05, 0.1) is 0 Å². The van der Waals surface area contributed by atoms with Gasteiger partial charge in [0.15, 0.2) is 0 Å². The molecule has 0 radical (unpaired) electrons. The van der Waals surface area contributed by atoms with Crippen molar-refractivity contribution < 1.29 is 0 Å². The lowest BCUT2D eigenvalue weighted by Gasteiger charge is -2.58. The van der Waals surface area contributed by atoms with E-state index in [0.717, 1.165) is 24.3 Å². The molecular weight excluding hydrogens is 232 g/mol. The molecule has 0 aromatic carbocycles. The zero-order valence-corrected chi connectivity index (χ0v) is 12.1. The number of rotatable bonds is 3. The second-order valence-electron chi connectivity index (χ2n) is 7.91. The van der Waals surface area contributed by atoms with Crippen LogP contribution < -0.4 is 5.73 Å². The van der Waals surface area contributed by atoms with E-state index in [-0.39, 0.29) is 0 Å². The minimum absolute atomic E-state index is 0.516. The molecule has 1 heterocycles. The maximum atomic E-state index is 5.97. The quantitative estimate of drug-likeness (QED) is 0.791. The fourth-order valence-corrected chi connectivity index (χ4v) is 6.12. The Morgan fingerprint density at radius 2 is 1.68 bits per heavy atom. The molecule has 0 aromatic heterocycles. The van der Waals surface area contributed by atoms with E-state index in [1.807, 2.05) is 0 Å². The third-order valence-electron chi connectivity index (χ3n) is 6.36. The molecule has 0 aromatic rings. The first-order valence-electron chi connectivity index (χ1n) is 8.37. The lowest BCUT2D eigenvalue weighted by molar-refractivity contribution is -0.0722. The molecule has 1 unspecified atom stereocenters. The zero-order valence-electron chi connectivity index (χ0n) is 12.1. The number of hydrogen-bond acceptors (Lipinski definition) is 2. The summed E-state index contributed by atoms with van der Waals surface area (Å²) in [6.07, 6.45) is 15.1. The van der Waals surface area contributed by atoms with Crippen LogP contribution in [0.5, 0.6) is 0 Å². The number of hydrogen-bond donors (Lipinski definition) is 1. The first-order valence-corrected chi connectivity index (χ1v) is 8.37. The molecule has 2 heteroatoms. The Bertz CT molecular complexity index is 338. The van der Waals surface area contributed by atoms with Gasteiger partial charge in [0.25, 0.3) is 0 Å². The van der Waals surface area contributed by atoms with Gasteiger partial charge in [-0.1, -0.05) is 12.2 Å². The largest absolute Gasteiger partial charge is 0.329 e. The topological polar surface area (TPSA) is 29.3 Å². The molecule has 4 fully saturated rings. The summed E-state index contributed by atoms with van der Waals surface area (Å²) in [5.74, 6) is 3.22. The van der Waals surface area contributed by atoms with E-state index in [0.29, 0.717) is 11.5 Å². The first kappa shape index (κ1) is 12.4. The monoisotopic (exact) mass is 260 g/mol. The van der Waals surface area contributed by atoms with Gasteiger partial charge in [0.1, 0.15) is 0 Å². The lowest BCUT2D eigenvalue weighted by Crippen LogP contribution is -2.54. The van der Waals surface area contributed by atoms with E-state index < -0.39 is 0 Å². The van der Waals surface area contributed by atoms with Crippen molar-refractivity contribution in [3.63, 3.8) is 0 Å². The van der Waals surface area contributed by atoms with Crippen molar-refractivity contribution in [2.45, 2.75) is 51.0 Å². The van der Waals surface area contributed by atoms with Gasteiger partial charge in [-0.05, 0) is 68.1 Å². The summed E-state index contributed by atoms with van der Waals surface area (Å²) in [7, 11) is 0. The fourth-order valence-electron chi connectivity index (χ4n) is 6.12. The summed E-state index contributed by atoms with van der Waals surface area (Å²) in [6.45, 7) is 3.37. The maximum Gasteiger partial charge on any atom is 0.0401 e. The molecule has 5 aliphatic rings. The average molecular weight is 260 g/mol. The molecule has 0 spiro atoms. The number of nitrogens with two attached hydrogens (primary N) is 1.